The molecular weight excluding hydrogens is 322 g/mol. The van der Waals surface area contributed by atoms with Gasteiger partial charge in [0.05, 0.1) is 16.3 Å². The van der Waals surface area contributed by atoms with Crippen LogP contribution in [0.25, 0.3) is 22.0 Å². The molecule has 23 heavy (non-hydrogen) atoms. The monoisotopic (exact) mass is 334 g/mol. The highest BCUT2D eigenvalue weighted by atomic mass is 35.5. The minimum Gasteiger partial charge on any atom is -0.507 e. The summed E-state index contributed by atoms with van der Waals surface area (Å²) in [6.07, 6.45) is 1.26. The maximum absolute atomic E-state index is 15.0. The quantitative estimate of drug-likeness (QED) is 0.712. The third-order valence-electron chi connectivity index (χ3n) is 3.64. The van der Waals surface area contributed by atoms with Gasteiger partial charge in [0.2, 0.25) is 0 Å². The van der Waals surface area contributed by atoms with Crippen molar-refractivity contribution in [1.29, 1.82) is 0 Å². The smallest absolute Gasteiger partial charge is 0.159 e. The van der Waals surface area contributed by atoms with E-state index in [1.807, 2.05) is 13.8 Å². The Morgan fingerprint density at radius 3 is 2.52 bits per heavy atom. The van der Waals surface area contributed by atoms with Crippen LogP contribution < -0.4 is 0 Å². The number of aromatic nitrogens is 2. The Labute approximate surface area is 136 Å². The first-order chi connectivity index (χ1) is 10.9. The van der Waals surface area contributed by atoms with Gasteiger partial charge in [-0.2, -0.15) is 0 Å². The van der Waals surface area contributed by atoms with E-state index in [-0.39, 0.29) is 33.3 Å². The molecule has 0 saturated heterocycles. The average molecular weight is 335 g/mol. The molecule has 6 heteroatoms. The number of fused-ring (bicyclic) bond motifs is 1. The minimum atomic E-state index is -0.780. The van der Waals surface area contributed by atoms with Gasteiger partial charge in [0.25, 0.3) is 0 Å². The molecule has 1 N–H and O–H groups in total. The normalized spacial score (nSPS) is 11.4. The van der Waals surface area contributed by atoms with Crippen LogP contribution in [0, 0.1) is 11.6 Å². The predicted molar refractivity (Wildman–Crippen MR) is 85.7 cm³/mol. The first-order valence-corrected chi connectivity index (χ1v) is 7.40. The van der Waals surface area contributed by atoms with Crippen molar-refractivity contribution in [3.05, 3.63) is 52.9 Å². The number of nitrogens with zero attached hydrogens (tertiary/aromatic N) is 2. The lowest BCUT2D eigenvalue weighted by molar-refractivity contribution is 0.471. The third kappa shape index (κ3) is 2.51. The number of benzene rings is 2. The summed E-state index contributed by atoms with van der Waals surface area (Å²) >= 11 is 6.19. The molecule has 0 aliphatic rings. The van der Waals surface area contributed by atoms with Crippen LogP contribution in [0.5, 0.6) is 5.75 Å². The summed E-state index contributed by atoms with van der Waals surface area (Å²) in [7, 11) is 0. The van der Waals surface area contributed by atoms with Crippen LogP contribution in [0.1, 0.15) is 25.5 Å². The number of rotatable bonds is 2. The SMILES string of the molecule is CC(C)c1ncnc2c(F)c(-c3c(O)cccc3F)c(Cl)cc12. The van der Waals surface area contributed by atoms with Gasteiger partial charge >= 0.3 is 0 Å². The van der Waals surface area contributed by atoms with E-state index in [1.165, 1.54) is 24.5 Å². The van der Waals surface area contributed by atoms with Crippen molar-refractivity contribution in [3.63, 3.8) is 0 Å². The van der Waals surface area contributed by atoms with Crippen LogP contribution in [-0.4, -0.2) is 15.1 Å². The third-order valence-corrected chi connectivity index (χ3v) is 3.94. The second-order valence-electron chi connectivity index (χ2n) is 5.49. The van der Waals surface area contributed by atoms with Gasteiger partial charge in [-0.15, -0.1) is 0 Å². The van der Waals surface area contributed by atoms with Crippen LogP contribution in [0.15, 0.2) is 30.6 Å². The number of hydrogen-bond acceptors (Lipinski definition) is 3. The molecule has 0 spiro atoms. The fourth-order valence-corrected chi connectivity index (χ4v) is 2.88. The van der Waals surface area contributed by atoms with E-state index in [0.717, 1.165) is 6.07 Å². The Kier molecular flexibility index (Phi) is 3.90. The van der Waals surface area contributed by atoms with Crippen molar-refractivity contribution in [2.45, 2.75) is 19.8 Å². The van der Waals surface area contributed by atoms with Gasteiger partial charge in [0.15, 0.2) is 5.82 Å². The maximum atomic E-state index is 15.0. The van der Waals surface area contributed by atoms with Crippen molar-refractivity contribution in [3.8, 4) is 16.9 Å². The maximum Gasteiger partial charge on any atom is 0.159 e. The molecule has 0 fully saturated rings. The van der Waals surface area contributed by atoms with Crippen molar-refractivity contribution >= 4 is 22.5 Å². The minimum absolute atomic E-state index is 0.00731. The highest BCUT2D eigenvalue weighted by Crippen LogP contribution is 2.41. The summed E-state index contributed by atoms with van der Waals surface area (Å²) in [5.74, 6) is -1.88. The summed E-state index contributed by atoms with van der Waals surface area (Å²) in [5.41, 5.74) is 0.218. The first-order valence-electron chi connectivity index (χ1n) is 7.02. The summed E-state index contributed by atoms with van der Waals surface area (Å²) in [4.78, 5) is 8.13. The van der Waals surface area contributed by atoms with Crippen LogP contribution in [0.2, 0.25) is 5.02 Å². The van der Waals surface area contributed by atoms with Gasteiger partial charge in [0, 0.05) is 10.9 Å². The first kappa shape index (κ1) is 15.6. The molecule has 0 aliphatic carbocycles. The van der Waals surface area contributed by atoms with E-state index in [0.29, 0.717) is 11.1 Å². The van der Waals surface area contributed by atoms with Crippen LogP contribution in [-0.2, 0) is 0 Å². The van der Waals surface area contributed by atoms with Crippen LogP contribution in [0.4, 0.5) is 8.78 Å². The second kappa shape index (κ2) is 5.74. The van der Waals surface area contributed by atoms with Crippen molar-refractivity contribution in [2.24, 2.45) is 0 Å². The molecular formula is C17H13ClF2N2O. The molecule has 0 radical (unpaired) electrons. The molecule has 1 heterocycles. The molecule has 0 aliphatic heterocycles. The van der Waals surface area contributed by atoms with Gasteiger partial charge in [-0.1, -0.05) is 31.5 Å². The molecule has 118 valence electrons. The molecule has 3 nitrogen and oxygen atoms in total. The van der Waals surface area contributed by atoms with Crippen molar-refractivity contribution in [1.82, 2.24) is 9.97 Å². The van der Waals surface area contributed by atoms with Crippen LogP contribution >= 0.6 is 11.6 Å². The standard InChI is InChI=1S/C17H13ClF2N2O/c1-8(2)16-9-6-10(18)13(15(20)17(9)22-7-21-16)14-11(19)4-3-5-12(14)23/h3-8,23H,1-2H3. The second-order valence-corrected chi connectivity index (χ2v) is 5.90. The molecule has 0 atom stereocenters. The Balaban J connectivity index is 2.41. The summed E-state index contributed by atoms with van der Waals surface area (Å²) in [5, 5.41) is 10.4. The van der Waals surface area contributed by atoms with Gasteiger partial charge < -0.3 is 5.11 Å². The molecule has 1 aromatic heterocycles. The Bertz CT molecular complexity index is 892. The fourth-order valence-electron chi connectivity index (χ4n) is 2.60. The van der Waals surface area contributed by atoms with Crippen molar-refractivity contribution in [2.75, 3.05) is 0 Å². The number of hydrogen-bond donors (Lipinski definition) is 1. The van der Waals surface area contributed by atoms with Gasteiger partial charge in [-0.05, 0) is 24.1 Å². The lowest BCUT2D eigenvalue weighted by Gasteiger charge is -2.14. The molecule has 0 amide bonds. The zero-order valence-corrected chi connectivity index (χ0v) is 13.2. The van der Waals surface area contributed by atoms with E-state index in [9.17, 15) is 13.9 Å². The largest absolute Gasteiger partial charge is 0.507 e. The highest BCUT2D eigenvalue weighted by Gasteiger charge is 2.22. The molecule has 0 bridgehead atoms. The van der Waals surface area contributed by atoms with E-state index < -0.39 is 11.6 Å². The lowest BCUT2D eigenvalue weighted by atomic mass is 9.98. The molecule has 0 unspecified atom stereocenters. The zero-order chi connectivity index (χ0) is 16.7. The van der Waals surface area contributed by atoms with E-state index >= 15 is 0 Å². The van der Waals surface area contributed by atoms with Gasteiger partial charge in [0.1, 0.15) is 23.4 Å². The van der Waals surface area contributed by atoms with E-state index in [2.05, 4.69) is 9.97 Å². The van der Waals surface area contributed by atoms with Crippen LogP contribution in [0.3, 0.4) is 0 Å². The molecule has 2 aromatic carbocycles. The van der Waals surface area contributed by atoms with Crippen molar-refractivity contribution < 1.29 is 13.9 Å². The summed E-state index contributed by atoms with van der Waals surface area (Å²) < 4.78 is 29.1. The predicted octanol–water partition coefficient (Wildman–Crippen LogP) is 5.06. The molecule has 3 rings (SSSR count). The number of halogens is 3. The number of phenolic OH excluding ortho intramolecular Hbond substituents is 1. The Morgan fingerprint density at radius 2 is 1.87 bits per heavy atom. The average Bonchev–Trinajstić information content (AvgIpc) is 2.49. The topological polar surface area (TPSA) is 46.0 Å². The summed E-state index contributed by atoms with van der Waals surface area (Å²) in [6.45, 7) is 3.84. The number of aromatic hydroxyl groups is 1. The highest BCUT2D eigenvalue weighted by molar-refractivity contribution is 6.34. The van der Waals surface area contributed by atoms with Gasteiger partial charge in [-0.25, -0.2) is 18.7 Å². The Morgan fingerprint density at radius 1 is 1.13 bits per heavy atom. The zero-order valence-electron chi connectivity index (χ0n) is 12.4. The van der Waals surface area contributed by atoms with Gasteiger partial charge in [-0.3, -0.25) is 0 Å². The summed E-state index contributed by atoms with van der Waals surface area (Å²) in [6, 6.07) is 5.25. The van der Waals surface area contributed by atoms with E-state index in [1.54, 1.807) is 0 Å². The molecule has 0 saturated carbocycles. The number of phenols is 1. The molecule has 3 aromatic rings. The van der Waals surface area contributed by atoms with E-state index in [4.69, 9.17) is 11.6 Å². The Hall–Kier alpha value is -2.27. The fraction of sp³-hybridized carbons (Fsp3) is 0.176. The lowest BCUT2D eigenvalue weighted by Crippen LogP contribution is -2.00.